The minimum atomic E-state index is -5.15. The number of fused-ring (bicyclic) bond motifs is 1. The highest BCUT2D eigenvalue weighted by Crippen LogP contribution is 2.35. The normalized spacial score (nSPS) is 14.2. The topological polar surface area (TPSA) is 68.1 Å². The van der Waals surface area contributed by atoms with Crippen LogP contribution in [0.15, 0.2) is 36.4 Å². The molecule has 0 N–H and O–H groups in total. The lowest BCUT2D eigenvalue weighted by atomic mass is 10.1. The van der Waals surface area contributed by atoms with Crippen molar-refractivity contribution < 1.29 is 35.9 Å². The van der Waals surface area contributed by atoms with E-state index in [4.69, 9.17) is 0 Å². The van der Waals surface area contributed by atoms with Gasteiger partial charge in [-0.3, -0.25) is 9.59 Å². The molecule has 0 radical (unpaired) electrons. The molecule has 0 fully saturated rings. The number of carbonyl (C=O) groups excluding carboxylic acids is 2. The maximum Gasteiger partial charge on any atom is 0.453 e. The molecule has 2 aromatic carbocycles. The number of imide groups is 1. The van der Waals surface area contributed by atoms with E-state index in [1.807, 2.05) is 22.6 Å². The molecular weight excluding hydrogens is 569 g/mol. The molecule has 4 rings (SSSR count). The van der Waals surface area contributed by atoms with E-state index in [9.17, 15) is 35.9 Å². The molecule has 172 valence electrons. The van der Waals surface area contributed by atoms with Crippen LogP contribution in [0.25, 0.3) is 0 Å². The molecule has 1 aliphatic rings. The van der Waals surface area contributed by atoms with E-state index < -0.39 is 42.4 Å². The summed E-state index contributed by atoms with van der Waals surface area (Å²) in [7, 11) is 0. The number of alkyl halides is 6. The van der Waals surface area contributed by atoms with Gasteiger partial charge in [0.2, 0.25) is 5.82 Å². The quantitative estimate of drug-likeness (QED) is 0.247. The minimum absolute atomic E-state index is 0.127. The summed E-state index contributed by atoms with van der Waals surface area (Å²) in [5.74, 6) is -4.77. The van der Waals surface area contributed by atoms with Gasteiger partial charge in [0, 0.05) is 3.57 Å². The molecule has 0 bridgehead atoms. The van der Waals surface area contributed by atoms with Gasteiger partial charge in [-0.1, -0.05) is 18.2 Å². The number of aromatic nitrogens is 3. The molecule has 13 heteroatoms. The molecule has 0 unspecified atom stereocenters. The number of benzene rings is 2. The summed E-state index contributed by atoms with van der Waals surface area (Å²) >= 11 is 1.94. The summed E-state index contributed by atoms with van der Waals surface area (Å²) in [4.78, 5) is 29.2. The Bertz CT molecular complexity index is 1300. The average Bonchev–Trinajstić information content (AvgIpc) is 3.23. The Morgan fingerprint density at radius 2 is 1.67 bits per heavy atom. The van der Waals surface area contributed by atoms with Crippen molar-refractivity contribution in [2.24, 2.45) is 0 Å². The molecule has 0 spiro atoms. The second-order valence-corrected chi connectivity index (χ2v) is 8.30. The second kappa shape index (κ2) is 7.81. The molecule has 1 aliphatic heterocycles. The number of anilines is 1. The van der Waals surface area contributed by atoms with Crippen LogP contribution in [0.1, 0.15) is 43.5 Å². The number of rotatable bonds is 3. The van der Waals surface area contributed by atoms with E-state index >= 15 is 0 Å². The standard InChI is InChI=1S/C20H11F6IN4O2/c1-9-7-10(8-30-18(20(24,25)26)28-17(29-30)19(21,22)23)5-6-13(9)31-15(32)11-3-2-4-12(27)14(11)16(31)33/h2-7H,8H2,1H3. The number of halogens is 7. The van der Waals surface area contributed by atoms with Crippen molar-refractivity contribution in [2.75, 3.05) is 4.90 Å². The highest BCUT2D eigenvalue weighted by atomic mass is 127. The van der Waals surface area contributed by atoms with Gasteiger partial charge in [-0.25, -0.2) is 9.58 Å². The first-order valence-corrected chi connectivity index (χ1v) is 10.2. The van der Waals surface area contributed by atoms with Crippen molar-refractivity contribution in [3.05, 3.63) is 73.9 Å². The summed E-state index contributed by atoms with van der Waals surface area (Å²) in [6.45, 7) is 0.875. The molecule has 2 heterocycles. The smallest absolute Gasteiger partial charge is 0.268 e. The van der Waals surface area contributed by atoms with Crippen molar-refractivity contribution in [3.63, 3.8) is 0 Å². The van der Waals surface area contributed by atoms with Gasteiger partial charge in [0.1, 0.15) is 0 Å². The molecule has 6 nitrogen and oxygen atoms in total. The Hall–Kier alpha value is -2.97. The fraction of sp³-hybridized carbons (Fsp3) is 0.200. The molecule has 0 aliphatic carbocycles. The first kappa shape index (κ1) is 23.2. The van der Waals surface area contributed by atoms with Crippen molar-refractivity contribution in [3.8, 4) is 0 Å². The Morgan fingerprint density at radius 3 is 2.24 bits per heavy atom. The van der Waals surface area contributed by atoms with Gasteiger partial charge in [-0.2, -0.15) is 31.3 Å². The fourth-order valence-electron chi connectivity index (χ4n) is 3.48. The van der Waals surface area contributed by atoms with E-state index in [2.05, 4.69) is 10.1 Å². The number of aryl methyl sites for hydroxylation is 1. The van der Waals surface area contributed by atoms with Gasteiger partial charge in [-0.15, -0.1) is 5.10 Å². The van der Waals surface area contributed by atoms with Crippen LogP contribution in [0.2, 0.25) is 0 Å². The largest absolute Gasteiger partial charge is 0.453 e. The number of carbonyl (C=O) groups is 2. The van der Waals surface area contributed by atoms with Crippen LogP contribution < -0.4 is 4.90 Å². The predicted octanol–water partition coefficient (Wildman–Crippen LogP) is 5.08. The molecule has 0 saturated heterocycles. The Kier molecular flexibility index (Phi) is 5.49. The van der Waals surface area contributed by atoms with Crippen molar-refractivity contribution >= 4 is 40.1 Å². The molecule has 0 atom stereocenters. The number of nitrogens with zero attached hydrogens (tertiary/aromatic N) is 4. The first-order chi connectivity index (χ1) is 15.3. The highest BCUT2D eigenvalue weighted by molar-refractivity contribution is 14.1. The summed E-state index contributed by atoms with van der Waals surface area (Å²) < 4.78 is 78.8. The lowest BCUT2D eigenvalue weighted by molar-refractivity contribution is -0.150. The third kappa shape index (κ3) is 4.09. The summed E-state index contributed by atoms with van der Waals surface area (Å²) in [6.07, 6.45) is -10.3. The summed E-state index contributed by atoms with van der Waals surface area (Å²) in [5.41, 5.74) is 1.23. The molecule has 0 saturated carbocycles. The van der Waals surface area contributed by atoms with Crippen LogP contribution in [0.3, 0.4) is 0 Å². The molecule has 1 aromatic heterocycles. The molecule has 3 aromatic rings. The van der Waals surface area contributed by atoms with Crippen molar-refractivity contribution in [2.45, 2.75) is 25.8 Å². The first-order valence-electron chi connectivity index (χ1n) is 9.15. The Morgan fingerprint density at radius 1 is 0.970 bits per heavy atom. The minimum Gasteiger partial charge on any atom is -0.268 e. The number of hydrogen-bond acceptors (Lipinski definition) is 4. The zero-order chi connectivity index (χ0) is 24.3. The monoisotopic (exact) mass is 580 g/mol. The van der Waals surface area contributed by atoms with E-state index in [0.717, 1.165) is 4.90 Å². The summed E-state index contributed by atoms with van der Waals surface area (Å²) in [6, 6.07) is 8.87. The van der Waals surface area contributed by atoms with E-state index in [1.165, 1.54) is 31.2 Å². The van der Waals surface area contributed by atoms with E-state index in [-0.39, 0.29) is 27.1 Å². The fourth-order valence-corrected chi connectivity index (χ4v) is 4.21. The third-order valence-corrected chi connectivity index (χ3v) is 5.78. The average molecular weight is 580 g/mol. The van der Waals surface area contributed by atoms with Crippen molar-refractivity contribution in [1.82, 2.24) is 14.8 Å². The van der Waals surface area contributed by atoms with Gasteiger partial charge in [-0.05, 0) is 58.8 Å². The van der Waals surface area contributed by atoms with Gasteiger partial charge in [0.15, 0.2) is 0 Å². The predicted molar refractivity (Wildman–Crippen MR) is 111 cm³/mol. The van der Waals surface area contributed by atoms with Gasteiger partial charge in [0.25, 0.3) is 17.6 Å². The van der Waals surface area contributed by atoms with Crippen LogP contribution in [0, 0.1) is 10.5 Å². The van der Waals surface area contributed by atoms with Crippen LogP contribution in [-0.4, -0.2) is 26.6 Å². The third-order valence-electron chi connectivity index (χ3n) is 4.88. The maximum absolute atomic E-state index is 13.2. The van der Waals surface area contributed by atoms with Crippen LogP contribution in [-0.2, 0) is 18.9 Å². The van der Waals surface area contributed by atoms with Gasteiger partial charge < -0.3 is 0 Å². The molecule has 33 heavy (non-hydrogen) atoms. The molecule has 2 amide bonds. The van der Waals surface area contributed by atoms with Crippen LogP contribution in [0.4, 0.5) is 32.0 Å². The van der Waals surface area contributed by atoms with Crippen LogP contribution in [0.5, 0.6) is 0 Å². The van der Waals surface area contributed by atoms with Gasteiger partial charge >= 0.3 is 12.4 Å². The Balaban J connectivity index is 1.68. The maximum atomic E-state index is 13.2. The van der Waals surface area contributed by atoms with Crippen LogP contribution >= 0.6 is 22.6 Å². The highest BCUT2D eigenvalue weighted by Gasteiger charge is 2.44. The van der Waals surface area contributed by atoms with E-state index in [1.54, 1.807) is 12.1 Å². The van der Waals surface area contributed by atoms with Crippen molar-refractivity contribution in [1.29, 1.82) is 0 Å². The SMILES string of the molecule is Cc1cc(Cn2nc(C(F)(F)F)nc2C(F)(F)F)ccc1N1C(=O)c2cccc(I)c2C1=O. The van der Waals surface area contributed by atoms with Gasteiger partial charge in [0.05, 0.1) is 23.4 Å². The molecular formula is C20H11F6IN4O2. The second-order valence-electron chi connectivity index (χ2n) is 7.14. The lowest BCUT2D eigenvalue weighted by Gasteiger charge is -2.18. The lowest BCUT2D eigenvalue weighted by Crippen LogP contribution is -2.30. The van der Waals surface area contributed by atoms with E-state index in [0.29, 0.717) is 9.13 Å². The zero-order valence-electron chi connectivity index (χ0n) is 16.4. The zero-order valence-corrected chi connectivity index (χ0v) is 18.6. The number of hydrogen-bond donors (Lipinski definition) is 0. The number of amides is 2. The Labute approximate surface area is 195 Å². The summed E-state index contributed by atoms with van der Waals surface area (Å²) in [5, 5.41) is 2.97.